The smallest absolute Gasteiger partial charge is 0.251 e. The van der Waals surface area contributed by atoms with Crippen molar-refractivity contribution in [1.82, 2.24) is 10.2 Å². The minimum atomic E-state index is -0.278. The Hall–Kier alpha value is -2.04. The maximum atomic E-state index is 12.3. The first-order chi connectivity index (χ1) is 10.6. The molecule has 2 fully saturated rings. The van der Waals surface area contributed by atoms with Gasteiger partial charge in [0.15, 0.2) is 0 Å². The van der Waals surface area contributed by atoms with Crippen molar-refractivity contribution in [1.29, 1.82) is 0 Å². The van der Waals surface area contributed by atoms with Gasteiger partial charge in [0.2, 0.25) is 5.91 Å². The highest BCUT2D eigenvalue weighted by Crippen LogP contribution is 2.20. The number of amides is 2. The number of anilines is 1. The van der Waals surface area contributed by atoms with E-state index in [1.807, 2.05) is 30.0 Å². The summed E-state index contributed by atoms with van der Waals surface area (Å²) < 4.78 is 0. The highest BCUT2D eigenvalue weighted by atomic mass is 16.2. The molecule has 1 saturated carbocycles. The molecule has 1 aromatic carbocycles. The van der Waals surface area contributed by atoms with E-state index < -0.39 is 0 Å². The van der Waals surface area contributed by atoms with Crippen LogP contribution in [-0.2, 0) is 4.79 Å². The second kappa shape index (κ2) is 6.38. The van der Waals surface area contributed by atoms with Crippen LogP contribution in [0.1, 0.15) is 43.0 Å². The summed E-state index contributed by atoms with van der Waals surface area (Å²) in [6, 6.07) is 7.42. The number of nitrogens with one attached hydrogen (secondary N) is 2. The SMILES string of the molecule is C[C@H](Nc1cccc(C(=O)NC2CC2)c1)C(=O)N1CCCC1. The molecule has 1 aromatic rings. The molecule has 5 nitrogen and oxygen atoms in total. The molecule has 3 rings (SSSR count). The van der Waals surface area contributed by atoms with Crippen molar-refractivity contribution in [3.63, 3.8) is 0 Å². The van der Waals surface area contributed by atoms with Crippen LogP contribution in [-0.4, -0.2) is 41.9 Å². The topological polar surface area (TPSA) is 61.4 Å². The zero-order valence-corrected chi connectivity index (χ0v) is 13.0. The van der Waals surface area contributed by atoms with E-state index in [1.165, 1.54) is 0 Å². The molecule has 22 heavy (non-hydrogen) atoms. The number of nitrogens with zero attached hydrogens (tertiary/aromatic N) is 1. The molecule has 0 spiro atoms. The molecule has 1 saturated heterocycles. The highest BCUT2D eigenvalue weighted by molar-refractivity contribution is 5.95. The van der Waals surface area contributed by atoms with E-state index in [2.05, 4.69) is 10.6 Å². The monoisotopic (exact) mass is 301 g/mol. The molecule has 1 atom stereocenters. The van der Waals surface area contributed by atoms with Crippen LogP contribution in [0, 0.1) is 0 Å². The average Bonchev–Trinajstić information content (AvgIpc) is 3.16. The quantitative estimate of drug-likeness (QED) is 0.874. The highest BCUT2D eigenvalue weighted by Gasteiger charge is 2.25. The van der Waals surface area contributed by atoms with Crippen LogP contribution in [0.4, 0.5) is 5.69 Å². The summed E-state index contributed by atoms with van der Waals surface area (Å²) >= 11 is 0. The van der Waals surface area contributed by atoms with Crippen molar-refractivity contribution in [2.24, 2.45) is 0 Å². The van der Waals surface area contributed by atoms with Gasteiger partial charge in [-0.05, 0) is 50.8 Å². The molecule has 118 valence electrons. The van der Waals surface area contributed by atoms with Gasteiger partial charge in [0.25, 0.3) is 5.91 Å². The number of hydrogen-bond donors (Lipinski definition) is 2. The molecule has 2 N–H and O–H groups in total. The zero-order valence-electron chi connectivity index (χ0n) is 13.0. The van der Waals surface area contributed by atoms with Gasteiger partial charge < -0.3 is 15.5 Å². The third-order valence-electron chi connectivity index (χ3n) is 4.21. The molecular weight excluding hydrogens is 278 g/mol. The standard InChI is InChI=1S/C17H23N3O2/c1-12(17(22)20-9-2-3-10-20)18-15-6-4-5-13(11-15)16(21)19-14-7-8-14/h4-6,11-12,14,18H,2-3,7-10H2,1H3,(H,19,21)/t12-/m0/s1. The summed E-state index contributed by atoms with van der Waals surface area (Å²) in [7, 11) is 0. The Labute approximate surface area is 131 Å². The summed E-state index contributed by atoms with van der Waals surface area (Å²) in [5, 5.41) is 6.19. The minimum absolute atomic E-state index is 0.0373. The number of rotatable bonds is 5. The lowest BCUT2D eigenvalue weighted by molar-refractivity contribution is -0.130. The van der Waals surface area contributed by atoms with Crippen LogP contribution >= 0.6 is 0 Å². The Bertz CT molecular complexity index is 563. The summed E-state index contributed by atoms with van der Waals surface area (Å²) in [6.45, 7) is 3.58. The Morgan fingerprint density at radius 2 is 1.95 bits per heavy atom. The number of hydrogen-bond acceptors (Lipinski definition) is 3. The van der Waals surface area contributed by atoms with E-state index in [9.17, 15) is 9.59 Å². The molecular formula is C17H23N3O2. The largest absolute Gasteiger partial charge is 0.374 e. The van der Waals surface area contributed by atoms with Crippen molar-refractivity contribution < 1.29 is 9.59 Å². The zero-order chi connectivity index (χ0) is 15.5. The van der Waals surface area contributed by atoms with E-state index in [0.717, 1.165) is 44.5 Å². The van der Waals surface area contributed by atoms with Crippen molar-refractivity contribution in [2.75, 3.05) is 18.4 Å². The third kappa shape index (κ3) is 3.59. The van der Waals surface area contributed by atoms with Crippen molar-refractivity contribution in [2.45, 2.75) is 44.7 Å². The lowest BCUT2D eigenvalue weighted by Gasteiger charge is -2.22. The molecule has 2 aliphatic rings. The second-order valence-electron chi connectivity index (χ2n) is 6.23. The fraction of sp³-hybridized carbons (Fsp3) is 0.529. The third-order valence-corrected chi connectivity index (χ3v) is 4.21. The molecule has 5 heteroatoms. The first kappa shape index (κ1) is 14.9. The van der Waals surface area contributed by atoms with E-state index in [0.29, 0.717) is 11.6 Å². The number of benzene rings is 1. The van der Waals surface area contributed by atoms with Crippen LogP contribution < -0.4 is 10.6 Å². The lowest BCUT2D eigenvalue weighted by atomic mass is 10.1. The van der Waals surface area contributed by atoms with E-state index >= 15 is 0 Å². The van der Waals surface area contributed by atoms with E-state index in [4.69, 9.17) is 0 Å². The maximum absolute atomic E-state index is 12.3. The Kier molecular flexibility index (Phi) is 4.32. The molecule has 0 radical (unpaired) electrons. The normalized spacial score (nSPS) is 18.9. The van der Waals surface area contributed by atoms with Crippen LogP contribution in [0.3, 0.4) is 0 Å². The fourth-order valence-corrected chi connectivity index (χ4v) is 2.77. The molecule has 0 aromatic heterocycles. The van der Waals surface area contributed by atoms with E-state index in [1.54, 1.807) is 6.07 Å². The number of carbonyl (C=O) groups is 2. The van der Waals surface area contributed by atoms with Crippen LogP contribution in [0.2, 0.25) is 0 Å². The van der Waals surface area contributed by atoms with Crippen molar-refractivity contribution in [3.8, 4) is 0 Å². The van der Waals surface area contributed by atoms with Gasteiger partial charge in [0.05, 0.1) is 0 Å². The predicted octanol–water partition coefficient (Wildman–Crippen LogP) is 2.00. The van der Waals surface area contributed by atoms with Gasteiger partial charge >= 0.3 is 0 Å². The maximum Gasteiger partial charge on any atom is 0.251 e. The molecule has 2 amide bonds. The van der Waals surface area contributed by atoms with Gasteiger partial charge in [-0.1, -0.05) is 6.07 Å². The van der Waals surface area contributed by atoms with Crippen LogP contribution in [0.15, 0.2) is 24.3 Å². The average molecular weight is 301 g/mol. The molecule has 1 aliphatic heterocycles. The number of carbonyl (C=O) groups excluding carboxylic acids is 2. The lowest BCUT2D eigenvalue weighted by Crippen LogP contribution is -2.39. The first-order valence-electron chi connectivity index (χ1n) is 8.10. The van der Waals surface area contributed by atoms with Crippen LogP contribution in [0.5, 0.6) is 0 Å². The summed E-state index contributed by atoms with van der Waals surface area (Å²) in [4.78, 5) is 26.3. The Morgan fingerprint density at radius 3 is 2.64 bits per heavy atom. The van der Waals surface area contributed by atoms with Crippen molar-refractivity contribution in [3.05, 3.63) is 29.8 Å². The minimum Gasteiger partial charge on any atom is -0.374 e. The first-order valence-corrected chi connectivity index (χ1v) is 8.10. The molecule has 1 aliphatic carbocycles. The Balaban J connectivity index is 1.61. The van der Waals surface area contributed by atoms with Gasteiger partial charge in [-0.2, -0.15) is 0 Å². The van der Waals surface area contributed by atoms with Gasteiger partial charge in [0.1, 0.15) is 6.04 Å². The van der Waals surface area contributed by atoms with E-state index in [-0.39, 0.29) is 17.9 Å². The fourth-order valence-electron chi connectivity index (χ4n) is 2.77. The summed E-state index contributed by atoms with van der Waals surface area (Å²) in [5.74, 6) is 0.0926. The molecule has 0 unspecified atom stereocenters. The summed E-state index contributed by atoms with van der Waals surface area (Å²) in [6.07, 6.45) is 4.33. The van der Waals surface area contributed by atoms with Gasteiger partial charge in [-0.25, -0.2) is 0 Å². The number of likely N-dealkylation sites (tertiary alicyclic amines) is 1. The predicted molar refractivity (Wildman–Crippen MR) is 85.8 cm³/mol. The van der Waals surface area contributed by atoms with Gasteiger partial charge in [-0.15, -0.1) is 0 Å². The van der Waals surface area contributed by atoms with Gasteiger partial charge in [-0.3, -0.25) is 9.59 Å². The van der Waals surface area contributed by atoms with Crippen LogP contribution in [0.25, 0.3) is 0 Å². The van der Waals surface area contributed by atoms with Gasteiger partial charge in [0, 0.05) is 30.4 Å². The molecule has 1 heterocycles. The van der Waals surface area contributed by atoms with Crippen molar-refractivity contribution >= 4 is 17.5 Å². The summed E-state index contributed by atoms with van der Waals surface area (Å²) in [5.41, 5.74) is 1.45. The molecule has 0 bridgehead atoms. The Morgan fingerprint density at radius 1 is 1.23 bits per heavy atom. The second-order valence-corrected chi connectivity index (χ2v) is 6.23.